The van der Waals surface area contributed by atoms with E-state index in [0.717, 1.165) is 15.6 Å². The Balaban J connectivity index is 1.87. The van der Waals surface area contributed by atoms with Crippen LogP contribution in [-0.4, -0.2) is 6.21 Å². The van der Waals surface area contributed by atoms with Crippen molar-refractivity contribution in [2.45, 2.75) is 6.61 Å². The van der Waals surface area contributed by atoms with Gasteiger partial charge in [0.1, 0.15) is 12.8 Å². The predicted octanol–water partition coefficient (Wildman–Crippen LogP) is 4.53. The monoisotopic (exact) mass is 322 g/mol. The number of nitrogens with zero attached hydrogens (tertiary/aromatic N) is 1. The maximum absolute atomic E-state index is 5.86. The summed E-state index contributed by atoms with van der Waals surface area (Å²) in [4.78, 5) is 5.15. The molecule has 0 fully saturated rings. The molecule has 0 saturated heterocycles. The standard InChI is InChI=1S/C14H10BrClNO/c15-13-6-4-11(5-7-13)9-17-18-10-12-2-1-3-14(16)8-12/h1-8H,10H2. The molecule has 0 spiro atoms. The van der Waals surface area contributed by atoms with Gasteiger partial charge in [-0.1, -0.05) is 57.0 Å². The van der Waals surface area contributed by atoms with Crippen LogP contribution in [0.2, 0.25) is 5.02 Å². The van der Waals surface area contributed by atoms with Gasteiger partial charge in [0.2, 0.25) is 0 Å². The number of halogens is 2. The van der Waals surface area contributed by atoms with E-state index in [9.17, 15) is 0 Å². The average molecular weight is 324 g/mol. The van der Waals surface area contributed by atoms with E-state index in [4.69, 9.17) is 16.4 Å². The molecule has 91 valence electrons. The van der Waals surface area contributed by atoms with E-state index >= 15 is 0 Å². The highest BCUT2D eigenvalue weighted by atomic mass is 79.9. The molecule has 0 aliphatic rings. The number of hydrogen-bond donors (Lipinski definition) is 0. The SMILES string of the molecule is Clc1cccc(CO/N=[C]\c2ccc(Br)cc2)c1. The lowest BCUT2D eigenvalue weighted by atomic mass is 10.2. The zero-order valence-electron chi connectivity index (χ0n) is 9.44. The summed E-state index contributed by atoms with van der Waals surface area (Å²) in [5, 5.41) is 4.48. The molecule has 0 aliphatic carbocycles. The van der Waals surface area contributed by atoms with E-state index < -0.39 is 0 Å². The second-order valence-electron chi connectivity index (χ2n) is 3.61. The van der Waals surface area contributed by atoms with Gasteiger partial charge >= 0.3 is 0 Å². The zero-order valence-corrected chi connectivity index (χ0v) is 11.8. The lowest BCUT2D eigenvalue weighted by Crippen LogP contribution is -1.88. The normalized spacial score (nSPS) is 10.8. The van der Waals surface area contributed by atoms with Gasteiger partial charge in [0.15, 0.2) is 0 Å². The van der Waals surface area contributed by atoms with Crippen LogP contribution >= 0.6 is 27.5 Å². The second kappa shape index (κ2) is 6.57. The van der Waals surface area contributed by atoms with Crippen molar-refractivity contribution in [3.8, 4) is 0 Å². The Morgan fingerprint density at radius 2 is 1.94 bits per heavy atom. The van der Waals surface area contributed by atoms with Crippen molar-refractivity contribution in [3.63, 3.8) is 0 Å². The highest BCUT2D eigenvalue weighted by Crippen LogP contribution is 2.12. The van der Waals surface area contributed by atoms with Gasteiger partial charge in [0.25, 0.3) is 0 Å². The molecule has 0 saturated carbocycles. The maximum atomic E-state index is 5.86. The van der Waals surface area contributed by atoms with Crippen molar-refractivity contribution >= 4 is 33.7 Å². The van der Waals surface area contributed by atoms with Gasteiger partial charge in [-0.2, -0.15) is 0 Å². The van der Waals surface area contributed by atoms with Crippen LogP contribution in [0.25, 0.3) is 0 Å². The van der Waals surface area contributed by atoms with Crippen LogP contribution in [0.4, 0.5) is 0 Å². The molecule has 0 bridgehead atoms. The molecule has 0 N–H and O–H groups in total. The van der Waals surface area contributed by atoms with Gasteiger partial charge in [0.05, 0.1) is 0 Å². The Labute approximate surface area is 119 Å². The maximum Gasteiger partial charge on any atom is 0.142 e. The number of hydrogen-bond acceptors (Lipinski definition) is 2. The summed E-state index contributed by atoms with van der Waals surface area (Å²) in [6.45, 7) is 0.379. The molecule has 0 unspecified atom stereocenters. The summed E-state index contributed by atoms with van der Waals surface area (Å²) in [6.07, 6.45) is 2.81. The fourth-order valence-corrected chi connectivity index (χ4v) is 1.82. The molecule has 0 aromatic heterocycles. The molecular formula is C14H10BrClNO. The smallest absolute Gasteiger partial charge is 0.142 e. The molecule has 18 heavy (non-hydrogen) atoms. The molecule has 2 aromatic rings. The Morgan fingerprint density at radius 1 is 1.17 bits per heavy atom. The molecule has 2 rings (SSSR count). The fraction of sp³-hybridized carbons (Fsp3) is 0.0714. The summed E-state index contributed by atoms with van der Waals surface area (Å²) in [6, 6.07) is 15.1. The van der Waals surface area contributed by atoms with Crippen LogP contribution in [-0.2, 0) is 11.4 Å². The Bertz CT molecular complexity index is 540. The minimum absolute atomic E-state index is 0.379. The molecular weight excluding hydrogens is 314 g/mol. The quantitative estimate of drug-likeness (QED) is 0.598. The lowest BCUT2D eigenvalue weighted by Gasteiger charge is -1.99. The highest BCUT2D eigenvalue weighted by Gasteiger charge is 1.94. The molecule has 1 radical (unpaired) electrons. The number of benzene rings is 2. The van der Waals surface area contributed by atoms with Gasteiger partial charge in [-0.3, -0.25) is 0 Å². The largest absolute Gasteiger partial charge is 0.390 e. The van der Waals surface area contributed by atoms with Crippen LogP contribution in [0, 0.1) is 0 Å². The van der Waals surface area contributed by atoms with Crippen LogP contribution in [0.1, 0.15) is 11.1 Å². The van der Waals surface area contributed by atoms with Crippen LogP contribution in [0.5, 0.6) is 0 Å². The minimum atomic E-state index is 0.379. The average Bonchev–Trinajstić information content (AvgIpc) is 2.37. The van der Waals surface area contributed by atoms with Crippen LogP contribution in [0.3, 0.4) is 0 Å². The Kier molecular flexibility index (Phi) is 4.79. The van der Waals surface area contributed by atoms with Gasteiger partial charge in [0, 0.05) is 15.1 Å². The van der Waals surface area contributed by atoms with Crippen LogP contribution < -0.4 is 0 Å². The van der Waals surface area contributed by atoms with Gasteiger partial charge in [-0.15, -0.1) is 0 Å². The van der Waals surface area contributed by atoms with E-state index in [2.05, 4.69) is 27.3 Å². The van der Waals surface area contributed by atoms with Crippen LogP contribution in [0.15, 0.2) is 58.2 Å². The Morgan fingerprint density at radius 3 is 2.67 bits per heavy atom. The van der Waals surface area contributed by atoms with E-state index in [-0.39, 0.29) is 0 Å². The summed E-state index contributed by atoms with van der Waals surface area (Å²) >= 11 is 9.22. The van der Waals surface area contributed by atoms with Gasteiger partial charge in [-0.25, -0.2) is 0 Å². The summed E-state index contributed by atoms with van der Waals surface area (Å²) in [5.74, 6) is 0. The lowest BCUT2D eigenvalue weighted by molar-refractivity contribution is 0.132. The first-order valence-corrected chi connectivity index (χ1v) is 6.49. The molecule has 0 aliphatic heterocycles. The van der Waals surface area contributed by atoms with E-state index in [1.165, 1.54) is 0 Å². The molecule has 2 nitrogen and oxygen atoms in total. The van der Waals surface area contributed by atoms with E-state index in [0.29, 0.717) is 11.6 Å². The third-order valence-corrected chi connectivity index (χ3v) is 2.97. The summed E-state index contributed by atoms with van der Waals surface area (Å²) in [7, 11) is 0. The fourth-order valence-electron chi connectivity index (χ4n) is 1.34. The van der Waals surface area contributed by atoms with E-state index in [1.54, 1.807) is 0 Å². The van der Waals surface area contributed by atoms with Crippen molar-refractivity contribution in [3.05, 3.63) is 69.2 Å². The highest BCUT2D eigenvalue weighted by molar-refractivity contribution is 9.10. The van der Waals surface area contributed by atoms with Gasteiger partial charge < -0.3 is 4.84 Å². The second-order valence-corrected chi connectivity index (χ2v) is 4.97. The zero-order chi connectivity index (χ0) is 12.8. The molecule has 0 amide bonds. The first-order valence-electron chi connectivity index (χ1n) is 5.32. The molecule has 0 heterocycles. The third kappa shape index (κ3) is 4.17. The first-order chi connectivity index (χ1) is 8.74. The third-order valence-electron chi connectivity index (χ3n) is 2.20. The first kappa shape index (κ1) is 13.1. The van der Waals surface area contributed by atoms with Crippen molar-refractivity contribution in [2.75, 3.05) is 0 Å². The van der Waals surface area contributed by atoms with E-state index in [1.807, 2.05) is 48.5 Å². The Hall–Kier alpha value is -1.32. The van der Waals surface area contributed by atoms with Gasteiger partial charge in [-0.05, 0) is 29.8 Å². The topological polar surface area (TPSA) is 21.6 Å². The molecule has 2 aromatic carbocycles. The van der Waals surface area contributed by atoms with Crippen molar-refractivity contribution < 1.29 is 4.84 Å². The minimum Gasteiger partial charge on any atom is -0.390 e. The number of rotatable bonds is 4. The summed E-state index contributed by atoms with van der Waals surface area (Å²) < 4.78 is 1.02. The van der Waals surface area contributed by atoms with Crippen molar-refractivity contribution in [1.29, 1.82) is 0 Å². The van der Waals surface area contributed by atoms with Crippen molar-refractivity contribution in [1.82, 2.24) is 0 Å². The molecule has 4 heteroatoms. The molecule has 0 atom stereocenters. The summed E-state index contributed by atoms with van der Waals surface area (Å²) in [5.41, 5.74) is 1.84. The van der Waals surface area contributed by atoms with Crippen molar-refractivity contribution in [2.24, 2.45) is 5.16 Å². The predicted molar refractivity (Wildman–Crippen MR) is 76.9 cm³/mol.